The molecule has 0 aliphatic carbocycles. The van der Waals surface area contributed by atoms with Crippen molar-refractivity contribution in [1.29, 1.82) is 5.26 Å². The number of fused-ring (bicyclic) bond motifs is 4. The minimum atomic E-state index is 0.396. The second-order valence-electron chi connectivity index (χ2n) is 7.94. The first-order valence-electron chi connectivity index (χ1n) is 10.7. The molecule has 162 valence electrons. The lowest BCUT2D eigenvalue weighted by molar-refractivity contribution is 1.04. The predicted octanol–water partition coefficient (Wildman–Crippen LogP) is 6.19. The van der Waals surface area contributed by atoms with Crippen LogP contribution in [0.4, 0.5) is 5.82 Å². The van der Waals surface area contributed by atoms with E-state index in [2.05, 4.69) is 28.5 Å². The van der Waals surface area contributed by atoms with Gasteiger partial charge in [-0.15, -0.1) is 0 Å². The van der Waals surface area contributed by atoms with Gasteiger partial charge in [0.25, 0.3) is 0 Å². The summed E-state index contributed by atoms with van der Waals surface area (Å²) in [5, 5.41) is 15.8. The van der Waals surface area contributed by atoms with Crippen LogP contribution in [0, 0.1) is 25.2 Å². The summed E-state index contributed by atoms with van der Waals surface area (Å²) in [5.41, 5.74) is 10.7. The van der Waals surface area contributed by atoms with Crippen LogP contribution in [0.15, 0.2) is 53.6 Å². The summed E-state index contributed by atoms with van der Waals surface area (Å²) in [6.45, 7) is 6.04. The molecule has 0 radical (unpaired) electrons. The Balaban J connectivity index is 1.65. The smallest absolute Gasteiger partial charge is 0.157 e. The van der Waals surface area contributed by atoms with E-state index in [9.17, 15) is 5.26 Å². The van der Waals surface area contributed by atoms with E-state index in [4.69, 9.17) is 16.6 Å². The number of anilines is 1. The molecule has 0 fully saturated rings. The van der Waals surface area contributed by atoms with Gasteiger partial charge in [0.15, 0.2) is 5.65 Å². The molecule has 1 N–H and O–H groups in total. The van der Waals surface area contributed by atoms with Crippen LogP contribution in [0.1, 0.15) is 34.7 Å². The van der Waals surface area contributed by atoms with Crippen LogP contribution in [-0.4, -0.2) is 20.6 Å². The number of aryl methyl sites for hydroxylation is 1. The predicted molar refractivity (Wildman–Crippen MR) is 134 cm³/mol. The number of para-hydroxylation sites is 3. The number of hydrogen-bond acceptors (Lipinski definition) is 5. The standard InChI is InChI=1S/C26H21ClN6/c1-4-19-16(3)20(13-28)25-30-21-10-5-6-11-22(21)33(25)26(19)32-29-14-18-12-17-9-7-8-15(2)23(17)31-24(18)27/h5-12,14,32H,4H2,1-3H3/b29-14+. The SMILES string of the molecule is CCc1c(C)c(C#N)c2nc3ccccc3n2c1N/N=C/c1cc2cccc(C)c2nc1Cl. The van der Waals surface area contributed by atoms with Gasteiger partial charge in [-0.05, 0) is 55.2 Å². The Kier molecular flexibility index (Phi) is 5.20. The molecule has 0 amide bonds. The molecule has 5 aromatic rings. The van der Waals surface area contributed by atoms with E-state index >= 15 is 0 Å². The van der Waals surface area contributed by atoms with Crippen molar-refractivity contribution in [3.05, 3.63) is 81.5 Å². The van der Waals surface area contributed by atoms with Crippen molar-refractivity contribution >= 4 is 51.2 Å². The first-order valence-corrected chi connectivity index (χ1v) is 11.1. The molecule has 0 atom stereocenters. The van der Waals surface area contributed by atoms with Crippen LogP contribution < -0.4 is 5.43 Å². The summed E-state index contributed by atoms with van der Waals surface area (Å²) in [5.74, 6) is 0.787. The molecule has 7 heteroatoms. The van der Waals surface area contributed by atoms with Crippen LogP contribution in [0.2, 0.25) is 5.15 Å². The molecule has 2 aromatic carbocycles. The van der Waals surface area contributed by atoms with Gasteiger partial charge in [-0.1, -0.05) is 48.9 Å². The highest BCUT2D eigenvalue weighted by Crippen LogP contribution is 2.31. The van der Waals surface area contributed by atoms with E-state index < -0.39 is 0 Å². The topological polar surface area (TPSA) is 78.4 Å². The minimum absolute atomic E-state index is 0.396. The van der Waals surface area contributed by atoms with Crippen molar-refractivity contribution in [2.75, 3.05) is 5.43 Å². The van der Waals surface area contributed by atoms with Crippen molar-refractivity contribution < 1.29 is 0 Å². The zero-order valence-electron chi connectivity index (χ0n) is 18.5. The van der Waals surface area contributed by atoms with Crippen LogP contribution >= 0.6 is 11.6 Å². The lowest BCUT2D eigenvalue weighted by Gasteiger charge is -2.15. The Bertz CT molecular complexity index is 1620. The number of pyridine rings is 2. The normalized spacial score (nSPS) is 11.6. The third-order valence-electron chi connectivity index (χ3n) is 5.99. The Labute approximate surface area is 196 Å². The van der Waals surface area contributed by atoms with Gasteiger partial charge in [-0.3, -0.25) is 9.83 Å². The average molecular weight is 453 g/mol. The average Bonchev–Trinajstić information content (AvgIpc) is 3.19. The quantitative estimate of drug-likeness (QED) is 0.200. The number of nitrogens with one attached hydrogen (secondary N) is 1. The van der Waals surface area contributed by atoms with Gasteiger partial charge >= 0.3 is 0 Å². The maximum Gasteiger partial charge on any atom is 0.157 e. The maximum absolute atomic E-state index is 9.84. The second kappa shape index (κ2) is 8.19. The minimum Gasteiger partial charge on any atom is -0.276 e. The lowest BCUT2D eigenvalue weighted by Crippen LogP contribution is -2.07. The highest BCUT2D eigenvalue weighted by molar-refractivity contribution is 6.32. The molecule has 0 spiro atoms. The van der Waals surface area contributed by atoms with Gasteiger partial charge < -0.3 is 0 Å². The monoisotopic (exact) mass is 452 g/mol. The highest BCUT2D eigenvalue weighted by atomic mass is 35.5. The third-order valence-corrected chi connectivity index (χ3v) is 6.29. The summed E-state index contributed by atoms with van der Waals surface area (Å²) in [6.07, 6.45) is 2.41. The number of nitrogens with zero attached hydrogens (tertiary/aromatic N) is 5. The number of hydrazone groups is 1. The van der Waals surface area contributed by atoms with E-state index in [1.54, 1.807) is 6.21 Å². The Morgan fingerprint density at radius 3 is 2.76 bits per heavy atom. The highest BCUT2D eigenvalue weighted by Gasteiger charge is 2.19. The molecule has 0 bridgehead atoms. The van der Waals surface area contributed by atoms with Gasteiger partial charge in [0, 0.05) is 10.9 Å². The molecule has 5 rings (SSSR count). The van der Waals surface area contributed by atoms with Crippen molar-refractivity contribution in [3.8, 4) is 6.07 Å². The molecule has 33 heavy (non-hydrogen) atoms. The Morgan fingerprint density at radius 1 is 1.15 bits per heavy atom. The van der Waals surface area contributed by atoms with Gasteiger partial charge in [0.2, 0.25) is 0 Å². The van der Waals surface area contributed by atoms with Crippen molar-refractivity contribution in [3.63, 3.8) is 0 Å². The Morgan fingerprint density at radius 2 is 1.97 bits per heavy atom. The van der Waals surface area contributed by atoms with Crippen molar-refractivity contribution in [2.45, 2.75) is 27.2 Å². The first kappa shape index (κ1) is 20.9. The fraction of sp³-hybridized carbons (Fsp3) is 0.154. The molecular weight excluding hydrogens is 432 g/mol. The summed E-state index contributed by atoms with van der Waals surface area (Å²) in [7, 11) is 0. The number of aromatic nitrogens is 3. The first-order chi connectivity index (χ1) is 16.0. The molecular formula is C26H21ClN6. The van der Waals surface area contributed by atoms with E-state index in [0.717, 1.165) is 56.4 Å². The molecule has 0 saturated carbocycles. The third kappa shape index (κ3) is 3.38. The Hall–Kier alpha value is -3.95. The van der Waals surface area contributed by atoms with Gasteiger partial charge in [-0.25, -0.2) is 9.97 Å². The van der Waals surface area contributed by atoms with E-state index in [-0.39, 0.29) is 0 Å². The molecule has 3 aromatic heterocycles. The molecule has 0 aliphatic rings. The van der Waals surface area contributed by atoms with Crippen LogP contribution in [0.5, 0.6) is 0 Å². The number of hydrogen-bond donors (Lipinski definition) is 1. The van der Waals surface area contributed by atoms with E-state index in [0.29, 0.717) is 16.4 Å². The second-order valence-corrected chi connectivity index (χ2v) is 8.30. The molecule has 6 nitrogen and oxygen atoms in total. The molecule has 0 saturated heterocycles. The number of imidazole rings is 1. The summed E-state index contributed by atoms with van der Waals surface area (Å²) in [4.78, 5) is 9.27. The van der Waals surface area contributed by atoms with Gasteiger partial charge in [0.05, 0.1) is 28.3 Å². The zero-order chi connectivity index (χ0) is 23.1. The number of nitriles is 1. The summed E-state index contributed by atoms with van der Waals surface area (Å²) >= 11 is 6.45. The number of halogens is 1. The molecule has 0 aliphatic heterocycles. The largest absolute Gasteiger partial charge is 0.276 e. The zero-order valence-corrected chi connectivity index (χ0v) is 19.3. The van der Waals surface area contributed by atoms with Crippen LogP contribution in [-0.2, 0) is 6.42 Å². The number of benzene rings is 2. The van der Waals surface area contributed by atoms with Gasteiger partial charge in [-0.2, -0.15) is 10.4 Å². The fourth-order valence-corrected chi connectivity index (χ4v) is 4.52. The molecule has 0 unspecified atom stereocenters. The maximum atomic E-state index is 9.84. The summed E-state index contributed by atoms with van der Waals surface area (Å²) in [6, 6.07) is 18.2. The van der Waals surface area contributed by atoms with Crippen LogP contribution in [0.25, 0.3) is 27.6 Å². The molecule has 3 heterocycles. The lowest BCUT2D eigenvalue weighted by atomic mass is 10.0. The van der Waals surface area contributed by atoms with E-state index in [1.165, 1.54) is 0 Å². The van der Waals surface area contributed by atoms with E-state index in [1.807, 2.05) is 66.8 Å². The van der Waals surface area contributed by atoms with Crippen LogP contribution in [0.3, 0.4) is 0 Å². The van der Waals surface area contributed by atoms with Gasteiger partial charge in [0.1, 0.15) is 17.0 Å². The fourth-order valence-electron chi connectivity index (χ4n) is 4.33. The number of rotatable bonds is 4. The summed E-state index contributed by atoms with van der Waals surface area (Å²) < 4.78 is 1.97. The van der Waals surface area contributed by atoms with Crippen molar-refractivity contribution in [2.24, 2.45) is 5.10 Å². The van der Waals surface area contributed by atoms with Crippen molar-refractivity contribution in [1.82, 2.24) is 14.4 Å².